The van der Waals surface area contributed by atoms with Gasteiger partial charge >= 0.3 is 5.69 Å². The van der Waals surface area contributed by atoms with Crippen molar-refractivity contribution in [3.8, 4) is 5.75 Å². The Labute approximate surface area is 83.5 Å². The number of benzene rings is 1. The third kappa shape index (κ3) is 1.99. The van der Waals surface area contributed by atoms with Crippen molar-refractivity contribution in [1.82, 2.24) is 0 Å². The molecule has 0 aliphatic heterocycles. The SMILES string of the molecule is Cc1cc(ON)c([N+](=O)[O-])cc1[N+](=O)[O-]. The minimum absolute atomic E-state index is 0.205. The van der Waals surface area contributed by atoms with Crippen LogP contribution in [0.1, 0.15) is 5.56 Å². The zero-order valence-electron chi connectivity index (χ0n) is 7.67. The monoisotopic (exact) mass is 213 g/mol. The number of nitrogens with two attached hydrogens (primary N) is 1. The van der Waals surface area contributed by atoms with Crippen LogP contribution in [0.5, 0.6) is 5.75 Å². The van der Waals surface area contributed by atoms with Gasteiger partial charge in [0.05, 0.1) is 15.9 Å². The maximum Gasteiger partial charge on any atom is 0.320 e. The molecule has 0 aliphatic carbocycles. The fourth-order valence-electron chi connectivity index (χ4n) is 1.09. The third-order valence-electron chi connectivity index (χ3n) is 1.80. The molecule has 0 unspecified atom stereocenters. The summed E-state index contributed by atoms with van der Waals surface area (Å²) in [7, 11) is 0. The number of nitro benzene ring substituents is 2. The summed E-state index contributed by atoms with van der Waals surface area (Å²) in [6.07, 6.45) is 0. The van der Waals surface area contributed by atoms with E-state index in [-0.39, 0.29) is 17.0 Å². The van der Waals surface area contributed by atoms with Gasteiger partial charge in [0.25, 0.3) is 5.69 Å². The molecule has 8 nitrogen and oxygen atoms in total. The van der Waals surface area contributed by atoms with E-state index in [0.717, 1.165) is 12.1 Å². The standard InChI is InChI=1S/C7H7N3O5/c1-4-2-7(15-8)6(10(13)14)3-5(4)9(11)12/h2-3H,8H2,1H3. The molecule has 0 heterocycles. The van der Waals surface area contributed by atoms with Gasteiger partial charge in [-0.05, 0) is 13.0 Å². The van der Waals surface area contributed by atoms with E-state index < -0.39 is 15.5 Å². The average molecular weight is 213 g/mol. The molecule has 0 amide bonds. The first-order valence-electron chi connectivity index (χ1n) is 3.77. The molecule has 0 fully saturated rings. The van der Waals surface area contributed by atoms with Crippen LogP contribution in [-0.2, 0) is 0 Å². The lowest BCUT2D eigenvalue weighted by atomic mass is 10.1. The van der Waals surface area contributed by atoms with E-state index in [9.17, 15) is 20.2 Å². The molecule has 15 heavy (non-hydrogen) atoms. The third-order valence-corrected chi connectivity index (χ3v) is 1.80. The lowest BCUT2D eigenvalue weighted by Gasteiger charge is -2.02. The minimum Gasteiger partial charge on any atom is -0.404 e. The predicted molar refractivity (Wildman–Crippen MR) is 49.3 cm³/mol. The largest absolute Gasteiger partial charge is 0.404 e. The van der Waals surface area contributed by atoms with Crippen LogP contribution < -0.4 is 10.7 Å². The van der Waals surface area contributed by atoms with Crippen molar-refractivity contribution in [3.63, 3.8) is 0 Å². The van der Waals surface area contributed by atoms with Crippen LogP contribution >= 0.6 is 0 Å². The topological polar surface area (TPSA) is 122 Å². The maximum atomic E-state index is 10.5. The molecule has 0 spiro atoms. The number of nitrogens with zero attached hydrogens (tertiary/aromatic N) is 2. The summed E-state index contributed by atoms with van der Waals surface area (Å²) in [5.41, 5.74) is -0.636. The van der Waals surface area contributed by atoms with Crippen molar-refractivity contribution in [2.24, 2.45) is 5.90 Å². The zero-order chi connectivity index (χ0) is 11.6. The average Bonchev–Trinajstić information content (AvgIpc) is 2.16. The Morgan fingerprint density at radius 3 is 2.13 bits per heavy atom. The molecule has 8 heteroatoms. The van der Waals surface area contributed by atoms with E-state index in [2.05, 4.69) is 4.84 Å². The second-order valence-electron chi connectivity index (χ2n) is 2.74. The van der Waals surface area contributed by atoms with Crippen molar-refractivity contribution in [2.75, 3.05) is 0 Å². The van der Waals surface area contributed by atoms with E-state index in [4.69, 9.17) is 5.90 Å². The van der Waals surface area contributed by atoms with Gasteiger partial charge in [0.1, 0.15) is 0 Å². The molecular weight excluding hydrogens is 206 g/mol. The summed E-state index contributed by atoms with van der Waals surface area (Å²) in [6.45, 7) is 1.43. The summed E-state index contributed by atoms with van der Waals surface area (Å²) in [4.78, 5) is 23.8. The summed E-state index contributed by atoms with van der Waals surface area (Å²) < 4.78 is 0. The second-order valence-corrected chi connectivity index (χ2v) is 2.74. The highest BCUT2D eigenvalue weighted by molar-refractivity contribution is 5.57. The number of aryl methyl sites for hydroxylation is 1. The van der Waals surface area contributed by atoms with Gasteiger partial charge in [-0.15, -0.1) is 0 Å². The second kappa shape index (κ2) is 3.88. The van der Waals surface area contributed by atoms with E-state index >= 15 is 0 Å². The van der Waals surface area contributed by atoms with Crippen LogP contribution in [0, 0.1) is 27.2 Å². The Hall–Kier alpha value is -2.22. The minimum atomic E-state index is -0.797. The molecule has 0 saturated carbocycles. The van der Waals surface area contributed by atoms with Crippen molar-refractivity contribution in [3.05, 3.63) is 37.9 Å². The van der Waals surface area contributed by atoms with Gasteiger partial charge in [-0.2, -0.15) is 5.90 Å². The van der Waals surface area contributed by atoms with Gasteiger partial charge in [-0.25, -0.2) is 0 Å². The molecule has 0 bridgehead atoms. The Morgan fingerprint density at radius 1 is 1.20 bits per heavy atom. The summed E-state index contributed by atoms with van der Waals surface area (Å²) >= 11 is 0. The van der Waals surface area contributed by atoms with Crippen molar-refractivity contribution in [1.29, 1.82) is 0 Å². The highest BCUT2D eigenvalue weighted by Gasteiger charge is 2.23. The fraction of sp³-hybridized carbons (Fsp3) is 0.143. The first-order chi connectivity index (χ1) is 6.97. The lowest BCUT2D eigenvalue weighted by molar-refractivity contribution is -0.395. The molecular formula is C7H7N3O5. The molecule has 0 atom stereocenters. The molecule has 0 aliphatic rings. The predicted octanol–water partition coefficient (Wildman–Crippen LogP) is 1.06. The van der Waals surface area contributed by atoms with E-state index in [1.807, 2.05) is 0 Å². The molecule has 1 aromatic rings. The van der Waals surface area contributed by atoms with Crippen LogP contribution in [-0.4, -0.2) is 9.85 Å². The number of nitro groups is 2. The van der Waals surface area contributed by atoms with Gasteiger partial charge in [0, 0.05) is 5.56 Å². The first kappa shape index (κ1) is 10.9. The molecule has 1 rings (SSSR count). The van der Waals surface area contributed by atoms with Gasteiger partial charge in [0.2, 0.25) is 5.75 Å². The molecule has 2 N–H and O–H groups in total. The Morgan fingerprint density at radius 2 is 1.73 bits per heavy atom. The molecule has 1 aromatic carbocycles. The first-order valence-corrected chi connectivity index (χ1v) is 3.77. The van der Waals surface area contributed by atoms with Crippen LogP contribution in [0.15, 0.2) is 12.1 Å². The number of rotatable bonds is 3. The summed E-state index contributed by atoms with van der Waals surface area (Å²) in [5.74, 6) is 4.60. The Bertz CT molecular complexity index is 431. The quantitative estimate of drug-likeness (QED) is 0.591. The van der Waals surface area contributed by atoms with Crippen LogP contribution in [0.2, 0.25) is 0 Å². The van der Waals surface area contributed by atoms with Crippen molar-refractivity contribution in [2.45, 2.75) is 6.92 Å². The fourth-order valence-corrected chi connectivity index (χ4v) is 1.09. The molecule has 0 aromatic heterocycles. The van der Waals surface area contributed by atoms with E-state index in [1.54, 1.807) is 0 Å². The molecule has 80 valence electrons. The van der Waals surface area contributed by atoms with E-state index in [1.165, 1.54) is 6.92 Å². The molecule has 0 saturated heterocycles. The zero-order valence-corrected chi connectivity index (χ0v) is 7.67. The highest BCUT2D eigenvalue weighted by atomic mass is 16.6. The van der Waals surface area contributed by atoms with Gasteiger partial charge < -0.3 is 4.84 Å². The highest BCUT2D eigenvalue weighted by Crippen LogP contribution is 2.33. The molecule has 0 radical (unpaired) electrons. The normalized spacial score (nSPS) is 9.73. The lowest BCUT2D eigenvalue weighted by Crippen LogP contribution is -2.06. The summed E-state index contributed by atoms with van der Waals surface area (Å²) in [6, 6.07) is 1.97. The van der Waals surface area contributed by atoms with Gasteiger partial charge in [0.15, 0.2) is 0 Å². The summed E-state index contributed by atoms with van der Waals surface area (Å²) in [5, 5.41) is 21.0. The van der Waals surface area contributed by atoms with Crippen LogP contribution in [0.3, 0.4) is 0 Å². The smallest absolute Gasteiger partial charge is 0.320 e. The van der Waals surface area contributed by atoms with E-state index in [0.29, 0.717) is 0 Å². The Kier molecular flexibility index (Phi) is 2.81. The van der Waals surface area contributed by atoms with Crippen LogP contribution in [0.25, 0.3) is 0 Å². The van der Waals surface area contributed by atoms with Crippen LogP contribution in [0.4, 0.5) is 11.4 Å². The van der Waals surface area contributed by atoms with Crippen molar-refractivity contribution >= 4 is 11.4 Å². The number of hydrogen-bond donors (Lipinski definition) is 1. The Balaban J connectivity index is 3.43. The van der Waals surface area contributed by atoms with Gasteiger partial charge in [-0.1, -0.05) is 0 Å². The van der Waals surface area contributed by atoms with Gasteiger partial charge in [-0.3, -0.25) is 20.2 Å². The number of hydrogen-bond acceptors (Lipinski definition) is 6. The van der Waals surface area contributed by atoms with Crippen molar-refractivity contribution < 1.29 is 14.7 Å². The maximum absolute atomic E-state index is 10.5.